The first-order chi connectivity index (χ1) is 10.2. The minimum Gasteiger partial charge on any atom is -0.478 e. The monoisotopic (exact) mass is 281 g/mol. The molecule has 3 aromatic rings. The van der Waals surface area contributed by atoms with Gasteiger partial charge in [0.05, 0.1) is 11.6 Å². The van der Waals surface area contributed by atoms with E-state index in [1.54, 1.807) is 18.2 Å². The third-order valence-electron chi connectivity index (χ3n) is 2.88. The molecule has 3 rings (SSSR count). The van der Waals surface area contributed by atoms with Gasteiger partial charge in [0.15, 0.2) is 0 Å². The number of nitrogens with zero attached hydrogens (tertiary/aromatic N) is 1. The van der Waals surface area contributed by atoms with E-state index in [4.69, 9.17) is 14.4 Å². The molecule has 5 heteroatoms. The summed E-state index contributed by atoms with van der Waals surface area (Å²) >= 11 is 0. The first kappa shape index (κ1) is 12.9. The van der Waals surface area contributed by atoms with Gasteiger partial charge in [0, 0.05) is 5.56 Å². The average molecular weight is 281 g/mol. The zero-order chi connectivity index (χ0) is 14.7. The number of carboxylic acid groups (broad SMARTS) is 1. The van der Waals surface area contributed by atoms with E-state index in [1.807, 2.05) is 30.3 Å². The number of carboxylic acids is 1. The molecule has 0 amide bonds. The second kappa shape index (κ2) is 5.50. The molecular weight excluding hydrogens is 270 g/mol. The topological polar surface area (TPSA) is 72.6 Å². The van der Waals surface area contributed by atoms with E-state index < -0.39 is 5.97 Å². The van der Waals surface area contributed by atoms with Crippen LogP contribution in [0, 0.1) is 0 Å². The Bertz CT molecular complexity index is 747. The fourth-order valence-electron chi connectivity index (χ4n) is 1.83. The molecule has 0 bridgehead atoms. The highest BCUT2D eigenvalue weighted by Crippen LogP contribution is 2.27. The molecule has 0 aliphatic carbocycles. The summed E-state index contributed by atoms with van der Waals surface area (Å²) in [5, 5.41) is 12.8. The predicted molar refractivity (Wildman–Crippen MR) is 75.4 cm³/mol. The highest BCUT2D eigenvalue weighted by Gasteiger charge is 2.09. The SMILES string of the molecule is O=C(O)c1ccc(-c2cc(Oc3ccccc3)on2)cc1. The van der Waals surface area contributed by atoms with Crippen molar-refractivity contribution in [2.45, 2.75) is 0 Å². The molecule has 0 saturated heterocycles. The summed E-state index contributed by atoms with van der Waals surface area (Å²) in [7, 11) is 0. The first-order valence-electron chi connectivity index (χ1n) is 6.26. The van der Waals surface area contributed by atoms with Gasteiger partial charge in [-0.25, -0.2) is 4.79 Å². The molecule has 1 N–H and O–H groups in total. The van der Waals surface area contributed by atoms with Crippen LogP contribution in [-0.4, -0.2) is 16.2 Å². The summed E-state index contributed by atoms with van der Waals surface area (Å²) in [5.74, 6) is -0.0326. The molecule has 0 aliphatic rings. The predicted octanol–water partition coefficient (Wildman–Crippen LogP) is 3.83. The molecule has 1 aromatic heterocycles. The Morgan fingerprint density at radius 2 is 1.76 bits per heavy atom. The molecule has 5 nitrogen and oxygen atoms in total. The molecule has 21 heavy (non-hydrogen) atoms. The van der Waals surface area contributed by atoms with Crippen molar-refractivity contribution in [1.82, 2.24) is 5.16 Å². The lowest BCUT2D eigenvalue weighted by atomic mass is 10.1. The van der Waals surface area contributed by atoms with Gasteiger partial charge in [-0.2, -0.15) is 0 Å². The lowest BCUT2D eigenvalue weighted by molar-refractivity contribution is 0.0697. The Kier molecular flexibility index (Phi) is 3.39. The molecule has 2 aromatic carbocycles. The van der Waals surface area contributed by atoms with Gasteiger partial charge in [0.1, 0.15) is 11.4 Å². The second-order valence-electron chi connectivity index (χ2n) is 4.33. The molecule has 0 spiro atoms. The lowest BCUT2D eigenvalue weighted by Gasteiger charge is -1.98. The quantitative estimate of drug-likeness (QED) is 0.786. The fraction of sp³-hybridized carbons (Fsp3) is 0. The Hall–Kier alpha value is -3.08. The average Bonchev–Trinajstić information content (AvgIpc) is 2.97. The summed E-state index contributed by atoms with van der Waals surface area (Å²) in [6.45, 7) is 0. The van der Waals surface area contributed by atoms with Crippen LogP contribution in [0.15, 0.2) is 65.2 Å². The van der Waals surface area contributed by atoms with Crippen LogP contribution in [0.3, 0.4) is 0 Å². The van der Waals surface area contributed by atoms with E-state index in [0.717, 1.165) is 5.56 Å². The molecular formula is C16H11NO4. The first-order valence-corrected chi connectivity index (χ1v) is 6.26. The number of benzene rings is 2. The smallest absolute Gasteiger partial charge is 0.335 e. The Morgan fingerprint density at radius 1 is 1.05 bits per heavy atom. The summed E-state index contributed by atoms with van der Waals surface area (Å²) in [6.07, 6.45) is 0. The van der Waals surface area contributed by atoms with Gasteiger partial charge >= 0.3 is 11.9 Å². The van der Waals surface area contributed by atoms with Gasteiger partial charge in [-0.15, -0.1) is 0 Å². The van der Waals surface area contributed by atoms with Crippen LogP contribution in [0.5, 0.6) is 11.7 Å². The van der Waals surface area contributed by atoms with E-state index in [-0.39, 0.29) is 11.5 Å². The summed E-state index contributed by atoms with van der Waals surface area (Å²) in [6, 6.07) is 17.3. The van der Waals surface area contributed by atoms with Crippen molar-refractivity contribution in [3.05, 3.63) is 66.2 Å². The van der Waals surface area contributed by atoms with Crippen LogP contribution in [-0.2, 0) is 0 Å². The molecule has 0 saturated carbocycles. The minimum absolute atomic E-state index is 0.225. The zero-order valence-electron chi connectivity index (χ0n) is 10.9. The Morgan fingerprint density at radius 3 is 2.43 bits per heavy atom. The van der Waals surface area contributed by atoms with Crippen LogP contribution in [0.4, 0.5) is 0 Å². The highest BCUT2D eigenvalue weighted by molar-refractivity contribution is 5.88. The number of aromatic nitrogens is 1. The van der Waals surface area contributed by atoms with Gasteiger partial charge in [-0.3, -0.25) is 0 Å². The standard InChI is InChI=1S/C16H11NO4/c18-16(19)12-8-6-11(7-9-12)14-10-15(21-17-14)20-13-4-2-1-3-5-13/h1-10H,(H,18,19). The number of para-hydroxylation sites is 1. The maximum Gasteiger partial charge on any atom is 0.335 e. The number of ether oxygens (including phenoxy) is 1. The van der Waals surface area contributed by atoms with E-state index in [1.165, 1.54) is 12.1 Å². The van der Waals surface area contributed by atoms with Gasteiger partial charge < -0.3 is 14.4 Å². The minimum atomic E-state index is -0.963. The number of hydrogen-bond donors (Lipinski definition) is 1. The number of carbonyl (C=O) groups is 1. The van der Waals surface area contributed by atoms with Gasteiger partial charge in [-0.05, 0) is 24.3 Å². The normalized spacial score (nSPS) is 10.3. The van der Waals surface area contributed by atoms with Crippen molar-refractivity contribution >= 4 is 5.97 Å². The Balaban J connectivity index is 1.80. The van der Waals surface area contributed by atoms with Crippen LogP contribution >= 0.6 is 0 Å². The van der Waals surface area contributed by atoms with Crippen molar-refractivity contribution in [2.75, 3.05) is 0 Å². The number of hydrogen-bond acceptors (Lipinski definition) is 4. The summed E-state index contributed by atoms with van der Waals surface area (Å²) in [4.78, 5) is 10.8. The fourth-order valence-corrected chi connectivity index (χ4v) is 1.83. The molecule has 1 heterocycles. The summed E-state index contributed by atoms with van der Waals surface area (Å²) in [5.41, 5.74) is 1.56. The second-order valence-corrected chi connectivity index (χ2v) is 4.33. The molecule has 0 unspecified atom stereocenters. The maximum absolute atomic E-state index is 10.8. The highest BCUT2D eigenvalue weighted by atomic mass is 16.6. The lowest BCUT2D eigenvalue weighted by Crippen LogP contribution is -1.94. The third kappa shape index (κ3) is 2.92. The van der Waals surface area contributed by atoms with Crippen molar-refractivity contribution in [1.29, 1.82) is 0 Å². The zero-order valence-corrected chi connectivity index (χ0v) is 10.9. The molecule has 0 fully saturated rings. The van der Waals surface area contributed by atoms with E-state index in [2.05, 4.69) is 5.16 Å². The van der Waals surface area contributed by atoms with Crippen LogP contribution in [0.2, 0.25) is 0 Å². The molecule has 104 valence electrons. The third-order valence-corrected chi connectivity index (χ3v) is 2.88. The largest absolute Gasteiger partial charge is 0.478 e. The maximum atomic E-state index is 10.8. The van der Waals surface area contributed by atoms with E-state index >= 15 is 0 Å². The van der Waals surface area contributed by atoms with Crippen LogP contribution < -0.4 is 4.74 Å². The number of rotatable bonds is 4. The molecule has 0 atom stereocenters. The molecule has 0 aliphatic heterocycles. The number of aromatic carboxylic acids is 1. The van der Waals surface area contributed by atoms with Crippen molar-refractivity contribution < 1.29 is 19.2 Å². The van der Waals surface area contributed by atoms with Crippen molar-refractivity contribution in [3.8, 4) is 23.0 Å². The van der Waals surface area contributed by atoms with Crippen LogP contribution in [0.1, 0.15) is 10.4 Å². The Labute approximate surface area is 120 Å². The van der Waals surface area contributed by atoms with Gasteiger partial charge in [0.2, 0.25) is 0 Å². The van der Waals surface area contributed by atoms with E-state index in [9.17, 15) is 4.79 Å². The molecule has 0 radical (unpaired) electrons. The van der Waals surface area contributed by atoms with Gasteiger partial charge in [-0.1, -0.05) is 35.5 Å². The van der Waals surface area contributed by atoms with Crippen molar-refractivity contribution in [2.24, 2.45) is 0 Å². The van der Waals surface area contributed by atoms with E-state index in [0.29, 0.717) is 11.4 Å². The summed E-state index contributed by atoms with van der Waals surface area (Å²) < 4.78 is 10.6. The van der Waals surface area contributed by atoms with Gasteiger partial charge in [0.25, 0.3) is 0 Å². The van der Waals surface area contributed by atoms with Crippen LogP contribution in [0.25, 0.3) is 11.3 Å². The van der Waals surface area contributed by atoms with Crippen molar-refractivity contribution in [3.63, 3.8) is 0 Å².